The van der Waals surface area contributed by atoms with Crippen LogP contribution in [0, 0.1) is 17.6 Å². The molecule has 5 nitrogen and oxygen atoms in total. The van der Waals surface area contributed by atoms with Crippen molar-refractivity contribution in [1.82, 2.24) is 10.2 Å². The van der Waals surface area contributed by atoms with Crippen molar-refractivity contribution in [3.63, 3.8) is 0 Å². The minimum absolute atomic E-state index is 0.0541. The van der Waals surface area contributed by atoms with Crippen LogP contribution in [0.1, 0.15) is 52.0 Å². The minimum atomic E-state index is -0.958. The number of benzene rings is 1. The van der Waals surface area contributed by atoms with E-state index in [-0.39, 0.29) is 48.8 Å². The van der Waals surface area contributed by atoms with Crippen molar-refractivity contribution in [3.05, 3.63) is 47.7 Å². The number of hydrogen-bond donors (Lipinski definition) is 1. The molecule has 1 N–H and O–H groups in total. The van der Waals surface area contributed by atoms with Gasteiger partial charge in [-0.1, -0.05) is 32.6 Å². The molecule has 29 heavy (non-hydrogen) atoms. The standard InChI is InChI=1S/C22H30F2N2O3/c1-5-29-15(4)19(11-14(2)3)25-20(27)12-17-9-10-21(28)26(17)13-16-7-6-8-18(23)22(16)24/h6-8,14,17,19H,4-5,9-13H2,1-3H3,(H,25,27)/t17-,19-/m0/s1. The molecule has 1 aromatic rings. The normalized spacial score (nSPS) is 17.5. The molecule has 0 aromatic heterocycles. The second kappa shape index (κ2) is 10.4. The van der Waals surface area contributed by atoms with Crippen LogP contribution in [0.25, 0.3) is 0 Å². The summed E-state index contributed by atoms with van der Waals surface area (Å²) in [6.07, 6.45) is 1.57. The van der Waals surface area contributed by atoms with Gasteiger partial charge in [-0.2, -0.15) is 0 Å². The summed E-state index contributed by atoms with van der Waals surface area (Å²) < 4.78 is 33.0. The quantitative estimate of drug-likeness (QED) is 0.597. The zero-order valence-corrected chi connectivity index (χ0v) is 17.3. The molecule has 2 rings (SSSR count). The van der Waals surface area contributed by atoms with E-state index >= 15 is 0 Å². The molecule has 0 radical (unpaired) electrons. The molecule has 1 fully saturated rings. The van der Waals surface area contributed by atoms with E-state index in [1.807, 2.05) is 20.8 Å². The first-order valence-electron chi connectivity index (χ1n) is 10.1. The summed E-state index contributed by atoms with van der Waals surface area (Å²) in [6.45, 7) is 10.3. The smallest absolute Gasteiger partial charge is 0.223 e. The number of halogens is 2. The van der Waals surface area contributed by atoms with Gasteiger partial charge in [-0.25, -0.2) is 8.78 Å². The monoisotopic (exact) mass is 408 g/mol. The van der Waals surface area contributed by atoms with Crippen LogP contribution in [0.15, 0.2) is 30.5 Å². The molecule has 1 saturated heterocycles. The van der Waals surface area contributed by atoms with Gasteiger partial charge in [-0.05, 0) is 31.7 Å². The first-order chi connectivity index (χ1) is 13.7. The van der Waals surface area contributed by atoms with E-state index in [0.717, 1.165) is 6.07 Å². The lowest BCUT2D eigenvalue weighted by Gasteiger charge is -2.27. The molecule has 0 spiro atoms. The van der Waals surface area contributed by atoms with Crippen LogP contribution in [0.3, 0.4) is 0 Å². The van der Waals surface area contributed by atoms with Crippen LogP contribution < -0.4 is 5.32 Å². The van der Waals surface area contributed by atoms with Gasteiger partial charge in [0.15, 0.2) is 11.6 Å². The first-order valence-corrected chi connectivity index (χ1v) is 10.1. The Bertz CT molecular complexity index is 752. The minimum Gasteiger partial charge on any atom is -0.497 e. The molecule has 1 heterocycles. The largest absolute Gasteiger partial charge is 0.497 e. The summed E-state index contributed by atoms with van der Waals surface area (Å²) in [5.74, 6) is -1.45. The number of hydrogen-bond acceptors (Lipinski definition) is 3. The number of amides is 2. The van der Waals surface area contributed by atoms with Crippen LogP contribution in [0.5, 0.6) is 0 Å². The maximum absolute atomic E-state index is 14.0. The molecule has 160 valence electrons. The summed E-state index contributed by atoms with van der Waals surface area (Å²) >= 11 is 0. The van der Waals surface area contributed by atoms with Gasteiger partial charge in [0.05, 0.1) is 12.6 Å². The predicted molar refractivity (Wildman–Crippen MR) is 107 cm³/mol. The Balaban J connectivity index is 2.04. The second-order valence-corrected chi connectivity index (χ2v) is 7.78. The lowest BCUT2D eigenvalue weighted by molar-refractivity contribution is -0.130. The van der Waals surface area contributed by atoms with Gasteiger partial charge in [0.25, 0.3) is 0 Å². The molecule has 0 unspecified atom stereocenters. The number of carbonyl (C=O) groups excluding carboxylic acids is 2. The fourth-order valence-electron chi connectivity index (χ4n) is 3.57. The molecule has 0 saturated carbocycles. The SMILES string of the molecule is C=C(OCC)[C@H](CC(C)C)NC(=O)C[C@@H]1CCC(=O)N1Cc1cccc(F)c1F. The fraction of sp³-hybridized carbons (Fsp3) is 0.545. The number of nitrogens with one attached hydrogen (secondary N) is 1. The zero-order chi connectivity index (χ0) is 21.6. The highest BCUT2D eigenvalue weighted by Gasteiger charge is 2.33. The van der Waals surface area contributed by atoms with Crippen LogP contribution >= 0.6 is 0 Å². The van der Waals surface area contributed by atoms with Gasteiger partial charge in [0.1, 0.15) is 5.76 Å². The highest BCUT2D eigenvalue weighted by Crippen LogP contribution is 2.25. The van der Waals surface area contributed by atoms with Gasteiger partial charge in [0.2, 0.25) is 11.8 Å². The van der Waals surface area contributed by atoms with E-state index in [4.69, 9.17) is 4.74 Å². The highest BCUT2D eigenvalue weighted by atomic mass is 19.2. The molecule has 1 aliphatic rings. The van der Waals surface area contributed by atoms with Gasteiger partial charge in [-0.15, -0.1) is 0 Å². The van der Waals surface area contributed by atoms with Crippen molar-refractivity contribution < 1.29 is 23.1 Å². The highest BCUT2D eigenvalue weighted by molar-refractivity contribution is 5.82. The molecular formula is C22H30F2N2O3. The van der Waals surface area contributed by atoms with Crippen LogP contribution in [0.4, 0.5) is 8.78 Å². The Labute approximate surface area is 171 Å². The van der Waals surface area contributed by atoms with Crippen molar-refractivity contribution in [3.8, 4) is 0 Å². The van der Waals surface area contributed by atoms with Crippen LogP contribution in [0.2, 0.25) is 0 Å². The topological polar surface area (TPSA) is 58.6 Å². The van der Waals surface area contributed by atoms with E-state index in [2.05, 4.69) is 11.9 Å². The number of rotatable bonds is 10. The fourth-order valence-corrected chi connectivity index (χ4v) is 3.57. The van der Waals surface area contributed by atoms with E-state index in [0.29, 0.717) is 31.1 Å². The summed E-state index contributed by atoms with van der Waals surface area (Å²) in [7, 11) is 0. The molecule has 0 bridgehead atoms. The zero-order valence-electron chi connectivity index (χ0n) is 17.3. The summed E-state index contributed by atoms with van der Waals surface area (Å²) in [5, 5.41) is 2.94. The van der Waals surface area contributed by atoms with Crippen LogP contribution in [-0.2, 0) is 20.9 Å². The third-order valence-electron chi connectivity index (χ3n) is 5.01. The Morgan fingerprint density at radius 3 is 2.76 bits per heavy atom. The molecule has 2 atom stereocenters. The average Bonchev–Trinajstić information content (AvgIpc) is 2.98. The molecular weight excluding hydrogens is 378 g/mol. The van der Waals surface area contributed by atoms with Crippen LogP contribution in [-0.4, -0.2) is 35.4 Å². The average molecular weight is 408 g/mol. The van der Waals surface area contributed by atoms with E-state index in [1.165, 1.54) is 17.0 Å². The van der Waals surface area contributed by atoms with E-state index < -0.39 is 11.6 Å². The van der Waals surface area contributed by atoms with Gasteiger partial charge >= 0.3 is 0 Å². The molecule has 2 amide bonds. The first kappa shape index (κ1) is 22.8. The lowest BCUT2D eigenvalue weighted by atomic mass is 10.0. The molecule has 1 aromatic carbocycles. The van der Waals surface area contributed by atoms with Crippen molar-refractivity contribution in [2.75, 3.05) is 6.61 Å². The number of nitrogens with zero attached hydrogens (tertiary/aromatic N) is 1. The molecule has 0 aliphatic carbocycles. The Hall–Kier alpha value is -2.44. The number of likely N-dealkylation sites (tertiary alicyclic amines) is 1. The third kappa shape index (κ3) is 6.27. The second-order valence-electron chi connectivity index (χ2n) is 7.78. The van der Waals surface area contributed by atoms with E-state index in [1.54, 1.807) is 0 Å². The van der Waals surface area contributed by atoms with Crippen molar-refractivity contribution in [2.45, 2.75) is 65.1 Å². The molecule has 7 heteroatoms. The maximum atomic E-state index is 14.0. The third-order valence-corrected chi connectivity index (χ3v) is 5.01. The lowest BCUT2D eigenvalue weighted by Crippen LogP contribution is -2.42. The summed E-state index contributed by atoms with van der Waals surface area (Å²) in [4.78, 5) is 26.4. The van der Waals surface area contributed by atoms with Crippen molar-refractivity contribution >= 4 is 11.8 Å². The predicted octanol–water partition coefficient (Wildman–Crippen LogP) is 3.93. The van der Waals surface area contributed by atoms with Gasteiger partial charge in [0, 0.05) is 31.0 Å². The Morgan fingerprint density at radius 1 is 1.38 bits per heavy atom. The number of ether oxygens (including phenoxy) is 1. The summed E-state index contributed by atoms with van der Waals surface area (Å²) in [6, 6.07) is 3.23. The van der Waals surface area contributed by atoms with Crippen molar-refractivity contribution in [1.29, 1.82) is 0 Å². The maximum Gasteiger partial charge on any atom is 0.223 e. The summed E-state index contributed by atoms with van der Waals surface area (Å²) in [5.41, 5.74) is 0.105. The van der Waals surface area contributed by atoms with Gasteiger partial charge < -0.3 is 15.0 Å². The van der Waals surface area contributed by atoms with Crippen molar-refractivity contribution in [2.24, 2.45) is 5.92 Å². The Kier molecular flexibility index (Phi) is 8.17. The van der Waals surface area contributed by atoms with Gasteiger partial charge in [-0.3, -0.25) is 9.59 Å². The molecule has 1 aliphatic heterocycles. The van der Waals surface area contributed by atoms with E-state index in [9.17, 15) is 18.4 Å². The Morgan fingerprint density at radius 2 is 2.10 bits per heavy atom. The number of carbonyl (C=O) groups is 2.